The highest BCUT2D eigenvalue weighted by atomic mass is 16.4. The summed E-state index contributed by atoms with van der Waals surface area (Å²) in [7, 11) is 0. The van der Waals surface area contributed by atoms with Crippen molar-refractivity contribution >= 4 is 11.9 Å². The summed E-state index contributed by atoms with van der Waals surface area (Å²) >= 11 is 0. The highest BCUT2D eigenvalue weighted by Crippen LogP contribution is 2.00. The molecule has 1 amide bonds. The van der Waals surface area contributed by atoms with E-state index in [1.54, 1.807) is 13.8 Å². The number of carbonyl (C=O) groups is 2. The summed E-state index contributed by atoms with van der Waals surface area (Å²) < 4.78 is 6.68. The van der Waals surface area contributed by atoms with Gasteiger partial charge in [0.1, 0.15) is 6.04 Å². The first-order valence-corrected chi connectivity index (χ1v) is 3.30. The minimum Gasteiger partial charge on any atom is -0.480 e. The molecule has 1 unspecified atom stereocenters. The van der Waals surface area contributed by atoms with Crippen LogP contribution in [0.4, 0.5) is 0 Å². The SMILES string of the molecule is [2H]CC(=O)NC(C(=O)O)C(C)C. The van der Waals surface area contributed by atoms with Crippen molar-refractivity contribution < 1.29 is 16.1 Å². The average Bonchev–Trinajstić information content (AvgIpc) is 1.98. The molecule has 2 N–H and O–H groups in total. The van der Waals surface area contributed by atoms with E-state index >= 15 is 0 Å². The Balaban J connectivity index is 4.14. The van der Waals surface area contributed by atoms with Crippen molar-refractivity contribution in [2.24, 2.45) is 5.92 Å². The molecule has 0 rings (SSSR count). The predicted octanol–water partition coefficient (Wildman–Crippen LogP) is 0.232. The smallest absolute Gasteiger partial charge is 0.326 e. The Bertz CT molecular complexity index is 181. The van der Waals surface area contributed by atoms with E-state index in [9.17, 15) is 9.59 Å². The topological polar surface area (TPSA) is 66.4 Å². The monoisotopic (exact) mass is 160 g/mol. The summed E-state index contributed by atoms with van der Waals surface area (Å²) in [6.45, 7) is 2.96. The van der Waals surface area contributed by atoms with Crippen molar-refractivity contribution in [1.82, 2.24) is 5.32 Å². The number of carbonyl (C=O) groups excluding carboxylic acids is 1. The Morgan fingerprint density at radius 1 is 1.55 bits per heavy atom. The second-order valence-corrected chi connectivity index (χ2v) is 2.63. The van der Waals surface area contributed by atoms with Crippen LogP contribution in [-0.2, 0) is 9.59 Å². The maximum atomic E-state index is 10.7. The fourth-order valence-corrected chi connectivity index (χ4v) is 0.687. The van der Waals surface area contributed by atoms with Crippen LogP contribution in [-0.4, -0.2) is 23.0 Å². The van der Waals surface area contributed by atoms with E-state index in [2.05, 4.69) is 5.32 Å². The molecule has 0 fully saturated rings. The third kappa shape index (κ3) is 3.60. The number of carboxylic acid groups (broad SMARTS) is 1. The number of hydrogen-bond donors (Lipinski definition) is 2. The van der Waals surface area contributed by atoms with Crippen LogP contribution in [0.5, 0.6) is 0 Å². The lowest BCUT2D eigenvalue weighted by molar-refractivity contribution is -0.142. The molecule has 64 valence electrons. The van der Waals surface area contributed by atoms with Gasteiger partial charge in [-0.3, -0.25) is 4.79 Å². The zero-order valence-corrected chi connectivity index (χ0v) is 6.63. The summed E-state index contributed by atoms with van der Waals surface area (Å²) in [5, 5.41) is 10.9. The minimum atomic E-state index is -1.06. The van der Waals surface area contributed by atoms with Crippen LogP contribution < -0.4 is 5.32 Å². The van der Waals surface area contributed by atoms with E-state index in [1.165, 1.54) is 0 Å². The molecule has 0 aromatic rings. The average molecular weight is 160 g/mol. The number of carboxylic acids is 1. The van der Waals surface area contributed by atoms with Crippen molar-refractivity contribution in [3.8, 4) is 0 Å². The molecule has 0 bridgehead atoms. The van der Waals surface area contributed by atoms with Gasteiger partial charge >= 0.3 is 5.97 Å². The molecular weight excluding hydrogens is 146 g/mol. The molecular formula is C7H13NO3. The third-order valence-electron chi connectivity index (χ3n) is 1.25. The zero-order chi connectivity index (χ0) is 9.72. The number of amides is 1. The normalized spacial score (nSPS) is 13.9. The summed E-state index contributed by atoms with van der Waals surface area (Å²) in [5.41, 5.74) is 0. The van der Waals surface area contributed by atoms with Gasteiger partial charge < -0.3 is 10.4 Å². The maximum Gasteiger partial charge on any atom is 0.326 e. The van der Waals surface area contributed by atoms with E-state index in [-0.39, 0.29) is 5.92 Å². The van der Waals surface area contributed by atoms with Gasteiger partial charge in [0, 0.05) is 8.27 Å². The lowest BCUT2D eigenvalue weighted by Crippen LogP contribution is -2.43. The van der Waals surface area contributed by atoms with Gasteiger partial charge in [-0.05, 0) is 5.92 Å². The molecule has 0 aromatic carbocycles. The van der Waals surface area contributed by atoms with Crippen molar-refractivity contribution in [3.05, 3.63) is 0 Å². The Morgan fingerprint density at radius 2 is 2.09 bits per heavy atom. The minimum absolute atomic E-state index is 0.169. The molecule has 0 aliphatic heterocycles. The van der Waals surface area contributed by atoms with Gasteiger partial charge in [0.05, 0.1) is 0 Å². The molecule has 0 heterocycles. The Labute approximate surface area is 67.0 Å². The zero-order valence-electron chi connectivity index (χ0n) is 7.63. The van der Waals surface area contributed by atoms with Crippen LogP contribution in [0.2, 0.25) is 0 Å². The standard InChI is InChI=1S/C7H13NO3/c1-4(2)6(7(10)11)8-5(3)9/h4,6H,1-3H3,(H,8,9)(H,10,11)/i3D. The van der Waals surface area contributed by atoms with Crippen molar-refractivity contribution in [1.29, 1.82) is 0 Å². The van der Waals surface area contributed by atoms with Crippen LogP contribution in [0, 0.1) is 5.92 Å². The number of rotatable bonds is 3. The number of nitrogens with one attached hydrogen (secondary N) is 1. The molecule has 0 saturated heterocycles. The summed E-state index contributed by atoms with van der Waals surface area (Å²) in [5.74, 6) is -1.79. The van der Waals surface area contributed by atoms with Crippen LogP contribution in [0.1, 0.15) is 22.1 Å². The summed E-state index contributed by atoms with van der Waals surface area (Å²) in [6.07, 6.45) is 0. The Hall–Kier alpha value is -1.06. The molecule has 0 spiro atoms. The molecule has 1 atom stereocenters. The lowest BCUT2D eigenvalue weighted by Gasteiger charge is -2.16. The summed E-state index contributed by atoms with van der Waals surface area (Å²) in [4.78, 5) is 21.2. The van der Waals surface area contributed by atoms with Crippen LogP contribution >= 0.6 is 0 Å². The Kier molecular flexibility index (Phi) is 2.89. The number of aliphatic carboxylic acids is 1. The van der Waals surface area contributed by atoms with E-state index in [1.807, 2.05) is 0 Å². The van der Waals surface area contributed by atoms with Gasteiger partial charge in [0.25, 0.3) is 0 Å². The van der Waals surface area contributed by atoms with Crippen LogP contribution in [0.3, 0.4) is 0 Å². The fourth-order valence-electron chi connectivity index (χ4n) is 0.687. The highest BCUT2D eigenvalue weighted by molar-refractivity contribution is 5.82. The Morgan fingerprint density at radius 3 is 2.36 bits per heavy atom. The third-order valence-corrected chi connectivity index (χ3v) is 1.25. The first kappa shape index (κ1) is 8.04. The predicted molar refractivity (Wildman–Crippen MR) is 40.1 cm³/mol. The van der Waals surface area contributed by atoms with E-state index in [0.29, 0.717) is 0 Å². The molecule has 4 nitrogen and oxygen atoms in total. The second kappa shape index (κ2) is 3.95. The van der Waals surface area contributed by atoms with Crippen molar-refractivity contribution in [2.45, 2.75) is 26.8 Å². The van der Waals surface area contributed by atoms with Crippen LogP contribution in [0.15, 0.2) is 0 Å². The van der Waals surface area contributed by atoms with Crippen LogP contribution in [0.25, 0.3) is 0 Å². The van der Waals surface area contributed by atoms with Gasteiger partial charge in [-0.15, -0.1) is 0 Å². The van der Waals surface area contributed by atoms with Crippen molar-refractivity contribution in [3.63, 3.8) is 0 Å². The number of hydrogen-bond acceptors (Lipinski definition) is 2. The first-order valence-electron chi connectivity index (χ1n) is 4.01. The van der Waals surface area contributed by atoms with Gasteiger partial charge in [0.2, 0.25) is 5.91 Å². The van der Waals surface area contributed by atoms with E-state index < -0.39 is 24.8 Å². The van der Waals surface area contributed by atoms with Gasteiger partial charge in [0.15, 0.2) is 0 Å². The van der Waals surface area contributed by atoms with Gasteiger partial charge in [-0.1, -0.05) is 13.8 Å². The molecule has 0 saturated carbocycles. The largest absolute Gasteiger partial charge is 0.480 e. The van der Waals surface area contributed by atoms with Gasteiger partial charge in [-0.25, -0.2) is 4.79 Å². The lowest BCUT2D eigenvalue weighted by atomic mass is 10.1. The van der Waals surface area contributed by atoms with E-state index in [0.717, 1.165) is 0 Å². The second-order valence-electron chi connectivity index (χ2n) is 2.63. The maximum absolute atomic E-state index is 10.7. The molecule has 0 radical (unpaired) electrons. The highest BCUT2D eigenvalue weighted by Gasteiger charge is 2.21. The molecule has 11 heavy (non-hydrogen) atoms. The summed E-state index contributed by atoms with van der Waals surface area (Å²) in [6, 6.07) is -0.886. The molecule has 0 aliphatic carbocycles. The molecule has 0 aliphatic rings. The molecule has 0 aromatic heterocycles. The first-order chi connectivity index (χ1) is 5.49. The van der Waals surface area contributed by atoms with Gasteiger partial charge in [-0.2, -0.15) is 0 Å². The van der Waals surface area contributed by atoms with E-state index in [4.69, 9.17) is 6.48 Å². The fraction of sp³-hybridized carbons (Fsp3) is 0.714. The quantitative estimate of drug-likeness (QED) is 0.621. The van der Waals surface area contributed by atoms with Crippen molar-refractivity contribution in [2.75, 3.05) is 0 Å². The molecule has 4 heteroatoms.